The molecule has 2 amide bonds. The van der Waals surface area contributed by atoms with Crippen molar-refractivity contribution < 1.29 is 13.9 Å². The second-order valence-electron chi connectivity index (χ2n) is 5.99. The molecule has 2 aromatic rings. The summed E-state index contributed by atoms with van der Waals surface area (Å²) in [4.78, 5) is 24.2. The number of carbonyl (C=O) groups is 1. The molecule has 0 radical (unpaired) electrons. The van der Waals surface area contributed by atoms with Crippen LogP contribution in [-0.4, -0.2) is 54.2 Å². The molecule has 0 spiro atoms. The molecule has 2 heterocycles. The molecule has 132 valence electrons. The van der Waals surface area contributed by atoms with E-state index in [0.717, 1.165) is 0 Å². The first kappa shape index (κ1) is 16.9. The van der Waals surface area contributed by atoms with Crippen molar-refractivity contribution in [3.63, 3.8) is 0 Å². The normalized spacial score (nSPS) is 16.6. The molecule has 1 aliphatic rings. The zero-order chi connectivity index (χ0) is 17.8. The van der Waals surface area contributed by atoms with E-state index in [9.17, 15) is 9.18 Å². The molecule has 0 bridgehead atoms. The van der Waals surface area contributed by atoms with Gasteiger partial charge in [-0.3, -0.25) is 4.98 Å². The van der Waals surface area contributed by atoms with Crippen LogP contribution in [0.15, 0.2) is 36.7 Å². The van der Waals surface area contributed by atoms with Crippen LogP contribution in [0.1, 0.15) is 6.42 Å². The Morgan fingerprint density at radius 1 is 1.36 bits per heavy atom. The van der Waals surface area contributed by atoms with E-state index < -0.39 is 5.82 Å². The predicted octanol–water partition coefficient (Wildman–Crippen LogP) is 2.37. The number of nitrogens with zero attached hydrogens (tertiary/aromatic N) is 4. The van der Waals surface area contributed by atoms with Crippen LogP contribution < -0.4 is 15.0 Å². The molecule has 25 heavy (non-hydrogen) atoms. The molecule has 0 saturated carbocycles. The number of benzene rings is 1. The van der Waals surface area contributed by atoms with Gasteiger partial charge in [0, 0.05) is 27.1 Å². The molecule has 3 rings (SSSR count). The highest BCUT2D eigenvalue weighted by Gasteiger charge is 2.28. The smallest absolute Gasteiger partial charge is 0.322 e. The minimum atomic E-state index is -0.460. The summed E-state index contributed by atoms with van der Waals surface area (Å²) in [7, 11) is 3.75. The Morgan fingerprint density at radius 3 is 2.92 bits per heavy atom. The number of rotatable bonds is 4. The Labute approximate surface area is 145 Å². The van der Waals surface area contributed by atoms with Gasteiger partial charge >= 0.3 is 6.03 Å². The van der Waals surface area contributed by atoms with Crippen LogP contribution in [0.4, 0.5) is 20.7 Å². The third-order valence-electron chi connectivity index (χ3n) is 3.89. The van der Waals surface area contributed by atoms with Crippen LogP contribution in [0, 0.1) is 5.82 Å². The second-order valence-corrected chi connectivity index (χ2v) is 5.99. The van der Waals surface area contributed by atoms with Crippen LogP contribution in [-0.2, 0) is 0 Å². The zero-order valence-corrected chi connectivity index (χ0v) is 14.1. The molecule has 1 atom stereocenters. The number of ether oxygens (including phenoxy) is 1. The topological polar surface area (TPSA) is 70.6 Å². The molecule has 1 fully saturated rings. The van der Waals surface area contributed by atoms with Crippen LogP contribution in [0.25, 0.3) is 0 Å². The SMILES string of the molecule is CN(C)c1cncc(OC2CCN(C(=O)Nc3ccccc3F)C2)n1. The number of para-hydroxylation sites is 1. The Balaban J connectivity index is 1.57. The Kier molecular flexibility index (Phi) is 4.97. The quantitative estimate of drug-likeness (QED) is 0.921. The van der Waals surface area contributed by atoms with Crippen LogP contribution >= 0.6 is 0 Å². The Bertz CT molecular complexity index is 755. The summed E-state index contributed by atoms with van der Waals surface area (Å²) in [5.74, 6) is 0.663. The van der Waals surface area contributed by atoms with Gasteiger partial charge in [0.1, 0.15) is 11.9 Å². The van der Waals surface area contributed by atoms with E-state index in [1.54, 1.807) is 29.4 Å². The number of halogens is 1. The maximum absolute atomic E-state index is 13.6. The second kappa shape index (κ2) is 7.33. The molecule has 1 saturated heterocycles. The van der Waals surface area contributed by atoms with Gasteiger partial charge in [0.2, 0.25) is 5.88 Å². The number of carbonyl (C=O) groups excluding carboxylic acids is 1. The largest absolute Gasteiger partial charge is 0.471 e. The summed E-state index contributed by atoms with van der Waals surface area (Å²) in [6, 6.07) is 5.74. The van der Waals surface area contributed by atoms with Crippen LogP contribution in [0.2, 0.25) is 0 Å². The highest BCUT2D eigenvalue weighted by Crippen LogP contribution is 2.20. The summed E-state index contributed by atoms with van der Waals surface area (Å²) in [5.41, 5.74) is 0.168. The summed E-state index contributed by atoms with van der Waals surface area (Å²) >= 11 is 0. The molecule has 1 aliphatic heterocycles. The highest BCUT2D eigenvalue weighted by molar-refractivity contribution is 5.89. The van der Waals surface area contributed by atoms with Crippen molar-refractivity contribution in [2.24, 2.45) is 0 Å². The lowest BCUT2D eigenvalue weighted by molar-refractivity contribution is 0.189. The lowest BCUT2D eigenvalue weighted by Crippen LogP contribution is -2.34. The van der Waals surface area contributed by atoms with Crippen molar-refractivity contribution in [3.05, 3.63) is 42.5 Å². The number of urea groups is 1. The zero-order valence-electron chi connectivity index (χ0n) is 14.1. The van der Waals surface area contributed by atoms with Crippen molar-refractivity contribution in [1.82, 2.24) is 14.9 Å². The number of hydrogen-bond acceptors (Lipinski definition) is 5. The van der Waals surface area contributed by atoms with E-state index in [1.165, 1.54) is 12.1 Å². The van der Waals surface area contributed by atoms with Gasteiger partial charge in [-0.05, 0) is 12.1 Å². The van der Waals surface area contributed by atoms with Crippen molar-refractivity contribution in [1.29, 1.82) is 0 Å². The average molecular weight is 345 g/mol. The highest BCUT2D eigenvalue weighted by atomic mass is 19.1. The fraction of sp³-hybridized carbons (Fsp3) is 0.353. The van der Waals surface area contributed by atoms with Crippen LogP contribution in [0.5, 0.6) is 5.88 Å². The third-order valence-corrected chi connectivity index (χ3v) is 3.89. The third kappa shape index (κ3) is 4.14. The van der Waals surface area contributed by atoms with Gasteiger partial charge in [-0.25, -0.2) is 9.18 Å². The summed E-state index contributed by atoms with van der Waals surface area (Å²) < 4.78 is 19.5. The first-order valence-electron chi connectivity index (χ1n) is 7.99. The Morgan fingerprint density at radius 2 is 2.16 bits per heavy atom. The van der Waals surface area contributed by atoms with Gasteiger partial charge in [-0.1, -0.05) is 12.1 Å². The summed E-state index contributed by atoms with van der Waals surface area (Å²) in [5, 5.41) is 2.58. The van der Waals surface area contributed by atoms with Gasteiger partial charge in [0.25, 0.3) is 0 Å². The molecular formula is C17H20FN5O2. The molecule has 1 unspecified atom stereocenters. The van der Waals surface area contributed by atoms with E-state index >= 15 is 0 Å². The molecule has 7 nitrogen and oxygen atoms in total. The molecule has 1 aromatic carbocycles. The van der Waals surface area contributed by atoms with Gasteiger partial charge in [-0.2, -0.15) is 4.98 Å². The molecule has 1 aromatic heterocycles. The van der Waals surface area contributed by atoms with Crippen molar-refractivity contribution in [2.45, 2.75) is 12.5 Å². The maximum Gasteiger partial charge on any atom is 0.322 e. The number of amides is 2. The summed E-state index contributed by atoms with van der Waals surface area (Å²) in [6.07, 6.45) is 3.71. The molecular weight excluding hydrogens is 325 g/mol. The minimum Gasteiger partial charge on any atom is -0.471 e. The number of aromatic nitrogens is 2. The number of anilines is 2. The van der Waals surface area contributed by atoms with Crippen molar-refractivity contribution in [2.75, 3.05) is 37.4 Å². The van der Waals surface area contributed by atoms with E-state index in [1.807, 2.05) is 19.0 Å². The Hall–Kier alpha value is -2.90. The molecule has 0 aliphatic carbocycles. The number of nitrogens with one attached hydrogen (secondary N) is 1. The first-order chi connectivity index (χ1) is 12.0. The number of hydrogen-bond donors (Lipinski definition) is 1. The predicted molar refractivity (Wildman–Crippen MR) is 92.4 cm³/mol. The standard InChI is InChI=1S/C17H20FN5O2/c1-22(2)15-9-19-10-16(21-15)25-12-7-8-23(11-12)17(24)20-14-6-4-3-5-13(14)18/h3-6,9-10,12H,7-8,11H2,1-2H3,(H,20,24). The van der Waals surface area contributed by atoms with Gasteiger partial charge < -0.3 is 19.9 Å². The van der Waals surface area contributed by atoms with E-state index in [-0.39, 0.29) is 17.8 Å². The van der Waals surface area contributed by atoms with E-state index in [0.29, 0.717) is 31.2 Å². The van der Waals surface area contributed by atoms with Crippen molar-refractivity contribution >= 4 is 17.5 Å². The van der Waals surface area contributed by atoms with Crippen molar-refractivity contribution in [3.8, 4) is 5.88 Å². The lowest BCUT2D eigenvalue weighted by Gasteiger charge is -2.18. The van der Waals surface area contributed by atoms with Crippen LogP contribution in [0.3, 0.4) is 0 Å². The molecule has 8 heteroatoms. The van der Waals surface area contributed by atoms with Gasteiger partial charge in [0.05, 0.1) is 24.6 Å². The summed E-state index contributed by atoms with van der Waals surface area (Å²) in [6.45, 7) is 0.944. The first-order valence-corrected chi connectivity index (χ1v) is 7.99. The fourth-order valence-corrected chi connectivity index (χ4v) is 2.55. The maximum atomic E-state index is 13.6. The monoisotopic (exact) mass is 345 g/mol. The molecule has 1 N–H and O–H groups in total. The average Bonchev–Trinajstić information content (AvgIpc) is 3.06. The number of likely N-dealkylation sites (tertiary alicyclic amines) is 1. The fourth-order valence-electron chi connectivity index (χ4n) is 2.55. The minimum absolute atomic E-state index is 0.168. The van der Waals surface area contributed by atoms with Gasteiger partial charge in [0.15, 0.2) is 5.82 Å². The van der Waals surface area contributed by atoms with E-state index in [4.69, 9.17) is 4.74 Å². The van der Waals surface area contributed by atoms with E-state index in [2.05, 4.69) is 15.3 Å². The van der Waals surface area contributed by atoms with Gasteiger partial charge in [-0.15, -0.1) is 0 Å². The lowest BCUT2D eigenvalue weighted by atomic mass is 10.3.